The van der Waals surface area contributed by atoms with Gasteiger partial charge in [-0.25, -0.2) is 15.0 Å². The van der Waals surface area contributed by atoms with Gasteiger partial charge < -0.3 is 0 Å². The van der Waals surface area contributed by atoms with Gasteiger partial charge in [-0.3, -0.25) is 5.10 Å². The van der Waals surface area contributed by atoms with Crippen LogP contribution < -0.4 is 0 Å². The van der Waals surface area contributed by atoms with Crippen LogP contribution in [0.15, 0.2) is 27.3 Å². The molecule has 0 aliphatic carbocycles. The summed E-state index contributed by atoms with van der Waals surface area (Å²) in [6, 6.07) is 0. The summed E-state index contributed by atoms with van der Waals surface area (Å²) in [5.41, 5.74) is 0. The molecule has 0 aliphatic rings. The van der Waals surface area contributed by atoms with Crippen molar-refractivity contribution in [2.45, 2.75) is 10.2 Å². The van der Waals surface area contributed by atoms with Crippen molar-refractivity contribution in [2.24, 2.45) is 0 Å². The average molecular weight is 293 g/mol. The molecule has 0 fully saturated rings. The van der Waals surface area contributed by atoms with Gasteiger partial charge in [-0.2, -0.15) is 5.10 Å². The Balaban J connectivity index is 2.29. The van der Waals surface area contributed by atoms with Crippen molar-refractivity contribution < 1.29 is 0 Å². The summed E-state index contributed by atoms with van der Waals surface area (Å²) < 4.78 is 0.656. The third kappa shape index (κ3) is 2.05. The first-order chi connectivity index (χ1) is 6.77. The van der Waals surface area contributed by atoms with Gasteiger partial charge in [0.25, 0.3) is 0 Å². The summed E-state index contributed by atoms with van der Waals surface area (Å²) >= 11 is 10.4. The number of rotatable bonds is 2. The molecule has 0 amide bonds. The van der Waals surface area contributed by atoms with E-state index in [9.17, 15) is 0 Å². The third-order valence-corrected chi connectivity index (χ3v) is 3.72. The molecule has 2 heterocycles. The lowest BCUT2D eigenvalue weighted by Crippen LogP contribution is -1.87. The van der Waals surface area contributed by atoms with E-state index in [1.165, 1.54) is 24.4 Å². The maximum Gasteiger partial charge on any atom is 0.189 e. The van der Waals surface area contributed by atoms with Gasteiger partial charge in [0, 0.05) is 0 Å². The van der Waals surface area contributed by atoms with E-state index >= 15 is 0 Å². The van der Waals surface area contributed by atoms with E-state index in [0.717, 1.165) is 0 Å². The molecule has 2 aromatic heterocycles. The molecule has 0 saturated heterocycles. The minimum Gasteiger partial charge on any atom is -0.254 e. The van der Waals surface area contributed by atoms with Crippen LogP contribution >= 0.6 is 39.3 Å². The van der Waals surface area contributed by atoms with Gasteiger partial charge in [0.15, 0.2) is 5.16 Å². The SMILES string of the molecule is Clc1ncnc(Sc2ncn[nH]2)c1Br. The van der Waals surface area contributed by atoms with Crippen molar-refractivity contribution in [1.82, 2.24) is 25.1 Å². The second kappa shape index (κ2) is 4.24. The molecular weight excluding hydrogens is 290 g/mol. The van der Waals surface area contributed by atoms with Crippen LogP contribution in [0.3, 0.4) is 0 Å². The molecule has 0 saturated carbocycles. The van der Waals surface area contributed by atoms with Crippen LogP contribution in [0, 0.1) is 0 Å². The predicted octanol–water partition coefficient (Wildman–Crippen LogP) is 2.16. The van der Waals surface area contributed by atoms with E-state index in [1.54, 1.807) is 0 Å². The Kier molecular flexibility index (Phi) is 2.99. The van der Waals surface area contributed by atoms with Gasteiger partial charge in [-0.15, -0.1) is 0 Å². The molecule has 0 spiro atoms. The number of nitrogens with one attached hydrogen (secondary N) is 1. The van der Waals surface area contributed by atoms with Crippen molar-refractivity contribution in [3.63, 3.8) is 0 Å². The normalized spacial score (nSPS) is 10.4. The summed E-state index contributed by atoms with van der Waals surface area (Å²) in [7, 11) is 0. The third-order valence-electron chi connectivity index (χ3n) is 1.30. The molecule has 0 unspecified atom stereocenters. The first-order valence-corrected chi connectivity index (χ1v) is 5.45. The lowest BCUT2D eigenvalue weighted by molar-refractivity contribution is 0.958. The standard InChI is InChI=1S/C6H3BrClN5S/c7-3-4(8)9-1-10-5(3)14-6-11-2-12-13-6/h1-2H,(H,11,12,13). The van der Waals surface area contributed by atoms with Gasteiger partial charge in [-0.1, -0.05) is 11.6 Å². The number of aromatic nitrogens is 5. The van der Waals surface area contributed by atoms with Crippen LogP contribution in [0.2, 0.25) is 5.15 Å². The zero-order chi connectivity index (χ0) is 9.97. The quantitative estimate of drug-likeness (QED) is 0.859. The smallest absolute Gasteiger partial charge is 0.189 e. The largest absolute Gasteiger partial charge is 0.254 e. The highest BCUT2D eigenvalue weighted by atomic mass is 79.9. The van der Waals surface area contributed by atoms with Crippen molar-refractivity contribution >= 4 is 39.3 Å². The van der Waals surface area contributed by atoms with Gasteiger partial charge in [-0.05, 0) is 27.7 Å². The molecule has 0 bridgehead atoms. The topological polar surface area (TPSA) is 67.3 Å². The number of aromatic amines is 1. The highest BCUT2D eigenvalue weighted by Gasteiger charge is 2.09. The maximum absolute atomic E-state index is 5.80. The van der Waals surface area contributed by atoms with E-state index in [0.29, 0.717) is 19.8 Å². The second-order valence-electron chi connectivity index (χ2n) is 2.18. The van der Waals surface area contributed by atoms with Crippen molar-refractivity contribution in [3.8, 4) is 0 Å². The Bertz CT molecular complexity index is 434. The summed E-state index contributed by atoms with van der Waals surface area (Å²) in [4.78, 5) is 11.8. The van der Waals surface area contributed by atoms with Gasteiger partial charge >= 0.3 is 0 Å². The number of halogens is 2. The van der Waals surface area contributed by atoms with Gasteiger partial charge in [0.1, 0.15) is 22.8 Å². The Morgan fingerprint density at radius 3 is 2.86 bits per heavy atom. The van der Waals surface area contributed by atoms with Crippen LogP contribution in [0.1, 0.15) is 0 Å². The Labute approximate surface area is 96.8 Å². The molecule has 2 rings (SSSR count). The fraction of sp³-hybridized carbons (Fsp3) is 0. The number of nitrogens with zero attached hydrogens (tertiary/aromatic N) is 4. The van der Waals surface area contributed by atoms with Gasteiger partial charge in [0.2, 0.25) is 0 Å². The van der Waals surface area contributed by atoms with Crippen molar-refractivity contribution in [1.29, 1.82) is 0 Å². The molecule has 2 aromatic rings. The molecule has 1 N–H and O–H groups in total. The van der Waals surface area contributed by atoms with Crippen LogP contribution in [-0.2, 0) is 0 Å². The molecule has 0 aromatic carbocycles. The Hall–Kier alpha value is -0.660. The van der Waals surface area contributed by atoms with E-state index in [-0.39, 0.29) is 0 Å². The molecule has 0 aliphatic heterocycles. The number of hydrogen-bond donors (Lipinski definition) is 1. The maximum atomic E-state index is 5.80. The van der Waals surface area contributed by atoms with E-state index in [2.05, 4.69) is 41.1 Å². The van der Waals surface area contributed by atoms with Crippen molar-refractivity contribution in [3.05, 3.63) is 22.3 Å². The first kappa shape index (κ1) is 9.88. The average Bonchev–Trinajstić information content (AvgIpc) is 2.66. The van der Waals surface area contributed by atoms with Crippen LogP contribution in [0.5, 0.6) is 0 Å². The monoisotopic (exact) mass is 291 g/mol. The molecule has 5 nitrogen and oxygen atoms in total. The number of H-pyrrole nitrogens is 1. The fourth-order valence-electron chi connectivity index (χ4n) is 0.740. The minimum absolute atomic E-state index is 0.377. The fourth-order valence-corrected chi connectivity index (χ4v) is 2.04. The highest BCUT2D eigenvalue weighted by Crippen LogP contribution is 2.32. The zero-order valence-electron chi connectivity index (χ0n) is 6.61. The molecule has 14 heavy (non-hydrogen) atoms. The van der Waals surface area contributed by atoms with E-state index in [1.807, 2.05) is 0 Å². The predicted molar refractivity (Wildman–Crippen MR) is 55.2 cm³/mol. The molecule has 0 radical (unpaired) electrons. The summed E-state index contributed by atoms with van der Waals surface area (Å²) in [6.45, 7) is 0. The second-order valence-corrected chi connectivity index (χ2v) is 4.30. The Morgan fingerprint density at radius 2 is 2.14 bits per heavy atom. The molecule has 8 heteroatoms. The number of hydrogen-bond acceptors (Lipinski definition) is 5. The summed E-state index contributed by atoms with van der Waals surface area (Å²) in [5, 5.41) is 8.16. The highest BCUT2D eigenvalue weighted by molar-refractivity contribution is 9.10. The van der Waals surface area contributed by atoms with E-state index in [4.69, 9.17) is 11.6 Å². The molecular formula is C6H3BrClN5S. The lowest BCUT2D eigenvalue weighted by Gasteiger charge is -2.00. The van der Waals surface area contributed by atoms with Gasteiger partial charge in [0.05, 0.1) is 4.47 Å². The zero-order valence-corrected chi connectivity index (χ0v) is 9.77. The molecule has 72 valence electrons. The van der Waals surface area contributed by atoms with E-state index < -0.39 is 0 Å². The Morgan fingerprint density at radius 1 is 1.29 bits per heavy atom. The van der Waals surface area contributed by atoms with Crippen LogP contribution in [0.4, 0.5) is 0 Å². The van der Waals surface area contributed by atoms with Crippen LogP contribution in [-0.4, -0.2) is 25.1 Å². The first-order valence-electron chi connectivity index (χ1n) is 3.46. The lowest BCUT2D eigenvalue weighted by atomic mass is 10.7. The van der Waals surface area contributed by atoms with Crippen LogP contribution in [0.25, 0.3) is 0 Å². The molecule has 0 atom stereocenters. The summed E-state index contributed by atoms with van der Waals surface area (Å²) in [6.07, 6.45) is 2.82. The van der Waals surface area contributed by atoms with Crippen molar-refractivity contribution in [2.75, 3.05) is 0 Å². The minimum atomic E-state index is 0.377. The summed E-state index contributed by atoms with van der Waals surface area (Å²) in [5.74, 6) is 0.